The molecule has 1 aromatic rings. The highest BCUT2D eigenvalue weighted by atomic mass is 79.9. The smallest absolute Gasteiger partial charge is 0.0520 e. The third-order valence-corrected chi connectivity index (χ3v) is 2.21. The van der Waals surface area contributed by atoms with E-state index >= 15 is 0 Å². The first-order chi connectivity index (χ1) is 5.61. The molecule has 0 fully saturated rings. The Morgan fingerprint density at radius 1 is 1.25 bits per heavy atom. The molecule has 0 heterocycles. The molecule has 0 amide bonds. The van der Waals surface area contributed by atoms with Crippen molar-refractivity contribution in [3.05, 3.63) is 28.7 Å². The average Bonchev–Trinajstić information content (AvgIpc) is 2.04. The van der Waals surface area contributed by atoms with Crippen molar-refractivity contribution in [3.63, 3.8) is 0 Å². The van der Waals surface area contributed by atoms with Crippen LogP contribution in [-0.2, 0) is 0 Å². The molecule has 2 N–H and O–H groups in total. The maximum absolute atomic E-state index is 5.81. The van der Waals surface area contributed by atoms with Gasteiger partial charge in [-0.25, -0.2) is 5.84 Å². The minimum absolute atomic E-state index is 0.325. The zero-order chi connectivity index (χ0) is 9.14. The van der Waals surface area contributed by atoms with Crippen LogP contribution in [0.4, 0.5) is 5.69 Å². The third-order valence-electron chi connectivity index (χ3n) is 1.68. The van der Waals surface area contributed by atoms with Crippen molar-refractivity contribution in [1.29, 1.82) is 0 Å². The summed E-state index contributed by atoms with van der Waals surface area (Å²) in [5.41, 5.74) is 1.04. The fourth-order valence-corrected chi connectivity index (χ4v) is 1.18. The second-order valence-electron chi connectivity index (χ2n) is 2.98. The first kappa shape index (κ1) is 9.55. The molecule has 3 heteroatoms. The van der Waals surface area contributed by atoms with Crippen molar-refractivity contribution in [2.45, 2.75) is 19.9 Å². The first-order valence-electron chi connectivity index (χ1n) is 3.91. The van der Waals surface area contributed by atoms with E-state index in [1.54, 1.807) is 5.01 Å². The Balaban J connectivity index is 2.82. The normalized spacial score (nSPS) is 10.4. The van der Waals surface area contributed by atoms with Crippen molar-refractivity contribution in [2.75, 3.05) is 5.01 Å². The maximum atomic E-state index is 5.81. The second-order valence-corrected chi connectivity index (χ2v) is 3.89. The van der Waals surface area contributed by atoms with E-state index in [9.17, 15) is 0 Å². The van der Waals surface area contributed by atoms with Crippen LogP contribution >= 0.6 is 15.9 Å². The first-order valence-corrected chi connectivity index (χ1v) is 4.70. The van der Waals surface area contributed by atoms with Gasteiger partial charge in [-0.3, -0.25) is 0 Å². The topological polar surface area (TPSA) is 29.3 Å². The van der Waals surface area contributed by atoms with E-state index < -0.39 is 0 Å². The number of anilines is 1. The van der Waals surface area contributed by atoms with Gasteiger partial charge in [0.1, 0.15) is 0 Å². The van der Waals surface area contributed by atoms with Gasteiger partial charge in [-0.2, -0.15) is 0 Å². The molecule has 0 radical (unpaired) electrons. The van der Waals surface area contributed by atoms with Crippen molar-refractivity contribution < 1.29 is 0 Å². The van der Waals surface area contributed by atoms with Gasteiger partial charge in [0.2, 0.25) is 0 Å². The summed E-state index contributed by atoms with van der Waals surface area (Å²) in [4.78, 5) is 0. The Labute approximate surface area is 81.5 Å². The largest absolute Gasteiger partial charge is 0.309 e. The molecule has 0 saturated heterocycles. The van der Waals surface area contributed by atoms with E-state index in [1.807, 2.05) is 24.3 Å². The number of hydrogen-bond acceptors (Lipinski definition) is 2. The number of rotatable bonds is 2. The van der Waals surface area contributed by atoms with Gasteiger partial charge in [0, 0.05) is 10.5 Å². The monoisotopic (exact) mass is 228 g/mol. The maximum Gasteiger partial charge on any atom is 0.0520 e. The van der Waals surface area contributed by atoms with Crippen LogP contribution in [0, 0.1) is 0 Å². The number of benzene rings is 1. The van der Waals surface area contributed by atoms with Crippen LogP contribution in [0.15, 0.2) is 28.7 Å². The van der Waals surface area contributed by atoms with Gasteiger partial charge in [0.15, 0.2) is 0 Å². The molecule has 0 aliphatic rings. The molecule has 2 nitrogen and oxygen atoms in total. The Kier molecular flexibility index (Phi) is 3.12. The fraction of sp³-hybridized carbons (Fsp3) is 0.333. The van der Waals surface area contributed by atoms with Crippen LogP contribution in [0.2, 0.25) is 0 Å². The van der Waals surface area contributed by atoms with Gasteiger partial charge < -0.3 is 5.01 Å². The lowest BCUT2D eigenvalue weighted by Crippen LogP contribution is -2.37. The van der Waals surface area contributed by atoms with E-state index in [0.717, 1.165) is 10.2 Å². The van der Waals surface area contributed by atoms with Crippen LogP contribution in [0.25, 0.3) is 0 Å². The van der Waals surface area contributed by atoms with E-state index in [2.05, 4.69) is 29.8 Å². The highest BCUT2D eigenvalue weighted by Gasteiger charge is 2.03. The molecule has 66 valence electrons. The quantitative estimate of drug-likeness (QED) is 0.623. The van der Waals surface area contributed by atoms with Crippen LogP contribution < -0.4 is 10.9 Å². The van der Waals surface area contributed by atoms with Crippen molar-refractivity contribution >= 4 is 21.6 Å². The molecule has 12 heavy (non-hydrogen) atoms. The lowest BCUT2D eigenvalue weighted by molar-refractivity contribution is 0.711. The SMILES string of the molecule is CC(C)N(N)c1ccc(Br)cc1. The summed E-state index contributed by atoms with van der Waals surface area (Å²) in [6.07, 6.45) is 0. The molecule has 0 aliphatic heterocycles. The summed E-state index contributed by atoms with van der Waals surface area (Å²) in [6.45, 7) is 4.12. The zero-order valence-electron chi connectivity index (χ0n) is 7.29. The lowest BCUT2D eigenvalue weighted by Gasteiger charge is -2.22. The molecule has 1 aromatic carbocycles. The summed E-state index contributed by atoms with van der Waals surface area (Å²) in [5, 5.41) is 1.74. The Hall–Kier alpha value is -0.540. The molecule has 0 spiro atoms. The van der Waals surface area contributed by atoms with Crippen LogP contribution in [0.3, 0.4) is 0 Å². The van der Waals surface area contributed by atoms with Crippen LogP contribution in [0.1, 0.15) is 13.8 Å². The van der Waals surface area contributed by atoms with Crippen molar-refractivity contribution in [2.24, 2.45) is 5.84 Å². The fourth-order valence-electron chi connectivity index (χ4n) is 0.911. The number of halogens is 1. The van der Waals surface area contributed by atoms with Gasteiger partial charge in [0.05, 0.1) is 5.69 Å². The van der Waals surface area contributed by atoms with Gasteiger partial charge in [-0.1, -0.05) is 15.9 Å². The van der Waals surface area contributed by atoms with Gasteiger partial charge in [-0.05, 0) is 38.1 Å². The Bertz CT molecular complexity index is 243. The highest BCUT2D eigenvalue weighted by molar-refractivity contribution is 9.10. The standard InChI is InChI=1S/C9H13BrN2/c1-7(2)12(11)9-5-3-8(10)4-6-9/h3-7H,11H2,1-2H3. The predicted octanol–water partition coefficient (Wildman–Crippen LogP) is 2.54. The van der Waals surface area contributed by atoms with Gasteiger partial charge in [-0.15, -0.1) is 0 Å². The molecule has 0 unspecified atom stereocenters. The number of hydrogen-bond donors (Lipinski definition) is 1. The summed E-state index contributed by atoms with van der Waals surface area (Å²) < 4.78 is 1.07. The van der Waals surface area contributed by atoms with E-state index in [-0.39, 0.29) is 0 Å². The summed E-state index contributed by atoms with van der Waals surface area (Å²) in [7, 11) is 0. The molecular weight excluding hydrogens is 216 g/mol. The third kappa shape index (κ3) is 2.22. The molecule has 0 aromatic heterocycles. The minimum atomic E-state index is 0.325. The van der Waals surface area contributed by atoms with Crippen molar-refractivity contribution in [1.82, 2.24) is 0 Å². The number of nitrogens with zero attached hydrogens (tertiary/aromatic N) is 1. The van der Waals surface area contributed by atoms with E-state index in [4.69, 9.17) is 5.84 Å². The molecule has 1 rings (SSSR count). The summed E-state index contributed by atoms with van der Waals surface area (Å²) in [6, 6.07) is 8.27. The van der Waals surface area contributed by atoms with Gasteiger partial charge in [0.25, 0.3) is 0 Å². The average molecular weight is 229 g/mol. The second kappa shape index (κ2) is 3.92. The Morgan fingerprint density at radius 3 is 2.17 bits per heavy atom. The molecule has 0 saturated carbocycles. The summed E-state index contributed by atoms with van der Waals surface area (Å²) in [5.74, 6) is 5.81. The summed E-state index contributed by atoms with van der Waals surface area (Å²) >= 11 is 3.37. The molecule has 0 bridgehead atoms. The van der Waals surface area contributed by atoms with Crippen molar-refractivity contribution in [3.8, 4) is 0 Å². The van der Waals surface area contributed by atoms with Crippen LogP contribution in [0.5, 0.6) is 0 Å². The van der Waals surface area contributed by atoms with E-state index in [1.165, 1.54) is 0 Å². The number of hydrazine groups is 1. The lowest BCUT2D eigenvalue weighted by atomic mass is 10.3. The Morgan fingerprint density at radius 2 is 1.75 bits per heavy atom. The highest BCUT2D eigenvalue weighted by Crippen LogP contribution is 2.17. The minimum Gasteiger partial charge on any atom is -0.309 e. The van der Waals surface area contributed by atoms with Gasteiger partial charge >= 0.3 is 0 Å². The zero-order valence-corrected chi connectivity index (χ0v) is 8.88. The van der Waals surface area contributed by atoms with Crippen LogP contribution in [-0.4, -0.2) is 6.04 Å². The van der Waals surface area contributed by atoms with E-state index in [0.29, 0.717) is 6.04 Å². The molecule has 0 atom stereocenters. The number of nitrogens with two attached hydrogens (primary N) is 1. The molecule has 0 aliphatic carbocycles. The molecular formula is C9H13BrN2. The predicted molar refractivity (Wildman–Crippen MR) is 55.9 cm³/mol.